The van der Waals surface area contributed by atoms with Crippen LogP contribution in [0.3, 0.4) is 0 Å². The number of aromatic nitrogens is 5. The standard InChI is InChI=1S/C28H34N6O3/c1-5-25-29-28(31-37-25)24-8-6-7-13-34(24)16-20-14-19(10-9-17(20)2)22(15-26(35)36)21-11-12-23-27(18(21)3)30-32-33(23)4/h9-12,14,22,24H,5-8,13,15-16H2,1-4H3,(H,35,36). The van der Waals surface area contributed by atoms with Crippen LogP contribution in [0.15, 0.2) is 34.9 Å². The van der Waals surface area contributed by atoms with Gasteiger partial charge >= 0.3 is 5.97 Å². The number of aliphatic carboxylic acids is 1. The second kappa shape index (κ2) is 10.4. The van der Waals surface area contributed by atoms with Crippen LogP contribution in [0.25, 0.3) is 11.0 Å². The van der Waals surface area contributed by atoms with Crippen molar-refractivity contribution in [2.45, 2.75) is 71.4 Å². The Morgan fingerprint density at radius 3 is 2.81 bits per heavy atom. The SMILES string of the molecule is CCc1nc(C2CCCCN2Cc2cc(C(CC(=O)O)c3ccc4c(nnn4C)c3C)ccc2C)no1. The lowest BCUT2D eigenvalue weighted by atomic mass is 9.84. The first-order valence-electron chi connectivity index (χ1n) is 13.0. The van der Waals surface area contributed by atoms with Crippen molar-refractivity contribution >= 4 is 17.0 Å². The van der Waals surface area contributed by atoms with Gasteiger partial charge < -0.3 is 9.63 Å². The van der Waals surface area contributed by atoms with Crippen LogP contribution in [0.5, 0.6) is 0 Å². The molecule has 2 unspecified atom stereocenters. The summed E-state index contributed by atoms with van der Waals surface area (Å²) in [7, 11) is 1.86. The maximum Gasteiger partial charge on any atom is 0.304 e. The van der Waals surface area contributed by atoms with E-state index in [4.69, 9.17) is 4.52 Å². The number of benzene rings is 2. The van der Waals surface area contributed by atoms with Crippen LogP contribution in [0.1, 0.15) is 84.1 Å². The van der Waals surface area contributed by atoms with Crippen LogP contribution in [0, 0.1) is 13.8 Å². The van der Waals surface area contributed by atoms with Gasteiger partial charge in [0.2, 0.25) is 5.89 Å². The van der Waals surface area contributed by atoms with E-state index in [1.165, 1.54) is 11.1 Å². The molecule has 2 atom stereocenters. The van der Waals surface area contributed by atoms with Crippen LogP contribution < -0.4 is 0 Å². The Labute approximate surface area is 216 Å². The Morgan fingerprint density at radius 1 is 1.22 bits per heavy atom. The average molecular weight is 503 g/mol. The maximum absolute atomic E-state index is 12.0. The molecule has 1 aliphatic rings. The summed E-state index contributed by atoms with van der Waals surface area (Å²) in [4.78, 5) is 19.0. The fraction of sp³-hybridized carbons (Fsp3) is 0.464. The lowest BCUT2D eigenvalue weighted by Crippen LogP contribution is -2.33. The predicted molar refractivity (Wildman–Crippen MR) is 139 cm³/mol. The van der Waals surface area contributed by atoms with E-state index in [0.29, 0.717) is 5.89 Å². The number of nitrogens with zero attached hydrogens (tertiary/aromatic N) is 6. The Bertz CT molecular complexity index is 1420. The number of hydrogen-bond donors (Lipinski definition) is 1. The van der Waals surface area contributed by atoms with Gasteiger partial charge in [-0.1, -0.05) is 48.0 Å². The summed E-state index contributed by atoms with van der Waals surface area (Å²) in [5.41, 5.74) is 7.06. The molecule has 2 aromatic heterocycles. The van der Waals surface area contributed by atoms with Crippen molar-refractivity contribution in [3.63, 3.8) is 0 Å². The lowest BCUT2D eigenvalue weighted by molar-refractivity contribution is -0.137. The molecule has 2 aromatic carbocycles. The summed E-state index contributed by atoms with van der Waals surface area (Å²) in [6, 6.07) is 10.5. The monoisotopic (exact) mass is 502 g/mol. The first kappa shape index (κ1) is 25.1. The van der Waals surface area contributed by atoms with E-state index in [-0.39, 0.29) is 18.4 Å². The predicted octanol–water partition coefficient (Wildman–Crippen LogP) is 4.86. The number of hydrogen-bond acceptors (Lipinski definition) is 7. The number of aryl methyl sites for hydroxylation is 4. The number of carboxylic acid groups (broad SMARTS) is 1. The highest BCUT2D eigenvalue weighted by Crippen LogP contribution is 2.36. The summed E-state index contributed by atoms with van der Waals surface area (Å²) in [5, 5.41) is 22.6. The average Bonchev–Trinajstić information content (AvgIpc) is 3.52. The molecule has 194 valence electrons. The van der Waals surface area contributed by atoms with Gasteiger partial charge in [0.25, 0.3) is 0 Å². The van der Waals surface area contributed by atoms with Gasteiger partial charge in [0, 0.05) is 25.9 Å². The first-order chi connectivity index (χ1) is 17.9. The van der Waals surface area contributed by atoms with Gasteiger partial charge in [0.1, 0.15) is 5.52 Å². The second-order valence-electron chi connectivity index (χ2n) is 10.1. The number of fused-ring (bicyclic) bond motifs is 1. The third kappa shape index (κ3) is 5.00. The van der Waals surface area contributed by atoms with Crippen molar-refractivity contribution < 1.29 is 14.4 Å². The van der Waals surface area contributed by atoms with E-state index >= 15 is 0 Å². The van der Waals surface area contributed by atoms with Crippen LogP contribution in [0.2, 0.25) is 0 Å². The first-order valence-corrected chi connectivity index (χ1v) is 13.0. The minimum atomic E-state index is -0.828. The summed E-state index contributed by atoms with van der Waals surface area (Å²) in [5.74, 6) is 0.322. The zero-order valence-electron chi connectivity index (χ0n) is 21.9. The summed E-state index contributed by atoms with van der Waals surface area (Å²) in [6.45, 7) is 7.85. The highest BCUT2D eigenvalue weighted by atomic mass is 16.5. The number of piperidine rings is 1. The van der Waals surface area contributed by atoms with E-state index in [2.05, 4.69) is 50.5 Å². The van der Waals surface area contributed by atoms with E-state index in [1.807, 2.05) is 33.0 Å². The molecule has 9 nitrogen and oxygen atoms in total. The Balaban J connectivity index is 1.49. The van der Waals surface area contributed by atoms with E-state index in [0.717, 1.165) is 72.3 Å². The zero-order valence-corrected chi connectivity index (χ0v) is 21.9. The van der Waals surface area contributed by atoms with E-state index < -0.39 is 5.97 Å². The molecule has 0 spiro atoms. The van der Waals surface area contributed by atoms with Crippen LogP contribution in [-0.2, 0) is 24.8 Å². The molecule has 1 fully saturated rings. The molecule has 0 radical (unpaired) electrons. The quantitative estimate of drug-likeness (QED) is 0.364. The van der Waals surface area contributed by atoms with Crippen molar-refractivity contribution in [2.75, 3.05) is 6.54 Å². The highest BCUT2D eigenvalue weighted by Gasteiger charge is 2.29. The Kier molecular flexibility index (Phi) is 7.06. The Hall–Kier alpha value is -3.59. The lowest BCUT2D eigenvalue weighted by Gasteiger charge is -2.34. The van der Waals surface area contributed by atoms with Crippen molar-refractivity contribution in [3.05, 3.63) is 69.9 Å². The van der Waals surface area contributed by atoms with Gasteiger partial charge in [0.15, 0.2) is 5.82 Å². The largest absolute Gasteiger partial charge is 0.481 e. The molecule has 9 heteroatoms. The highest BCUT2D eigenvalue weighted by molar-refractivity contribution is 5.80. The third-order valence-corrected chi connectivity index (χ3v) is 7.68. The molecular weight excluding hydrogens is 468 g/mol. The van der Waals surface area contributed by atoms with Crippen molar-refractivity contribution in [3.8, 4) is 0 Å². The molecule has 5 rings (SSSR count). The van der Waals surface area contributed by atoms with Gasteiger partial charge in [-0.3, -0.25) is 9.69 Å². The molecule has 0 bridgehead atoms. The molecular formula is C28H34N6O3. The van der Waals surface area contributed by atoms with Crippen molar-refractivity contribution in [2.24, 2.45) is 7.05 Å². The minimum absolute atomic E-state index is 0.00407. The fourth-order valence-corrected chi connectivity index (χ4v) is 5.53. The molecule has 0 amide bonds. The van der Waals surface area contributed by atoms with Gasteiger partial charge in [-0.15, -0.1) is 5.10 Å². The molecule has 0 saturated carbocycles. The van der Waals surface area contributed by atoms with E-state index in [9.17, 15) is 9.90 Å². The topological polar surface area (TPSA) is 110 Å². The normalized spacial score (nSPS) is 17.4. The maximum atomic E-state index is 12.0. The Morgan fingerprint density at radius 2 is 2.05 bits per heavy atom. The molecule has 37 heavy (non-hydrogen) atoms. The van der Waals surface area contributed by atoms with Crippen molar-refractivity contribution in [1.29, 1.82) is 0 Å². The summed E-state index contributed by atoms with van der Waals surface area (Å²) >= 11 is 0. The number of likely N-dealkylation sites (tertiary alicyclic amines) is 1. The summed E-state index contributed by atoms with van der Waals surface area (Å²) < 4.78 is 7.16. The number of carboxylic acids is 1. The van der Waals surface area contributed by atoms with Gasteiger partial charge in [-0.05, 0) is 67.1 Å². The molecule has 0 aliphatic carbocycles. The number of carbonyl (C=O) groups is 1. The molecule has 1 aliphatic heterocycles. The second-order valence-corrected chi connectivity index (χ2v) is 10.1. The smallest absolute Gasteiger partial charge is 0.304 e. The van der Waals surface area contributed by atoms with Gasteiger partial charge in [-0.25, -0.2) is 4.68 Å². The number of rotatable bonds is 8. The molecule has 1 saturated heterocycles. The zero-order chi connectivity index (χ0) is 26.1. The molecule has 4 aromatic rings. The summed E-state index contributed by atoms with van der Waals surface area (Å²) in [6.07, 6.45) is 4.00. The molecule has 3 heterocycles. The van der Waals surface area contributed by atoms with E-state index in [1.54, 1.807) is 4.68 Å². The minimum Gasteiger partial charge on any atom is -0.481 e. The van der Waals surface area contributed by atoms with Crippen LogP contribution >= 0.6 is 0 Å². The van der Waals surface area contributed by atoms with Crippen LogP contribution in [-0.4, -0.2) is 47.7 Å². The van der Waals surface area contributed by atoms with Crippen LogP contribution in [0.4, 0.5) is 0 Å². The molecule has 1 N–H and O–H groups in total. The van der Waals surface area contributed by atoms with Gasteiger partial charge in [0.05, 0.1) is 18.0 Å². The van der Waals surface area contributed by atoms with Gasteiger partial charge in [-0.2, -0.15) is 4.98 Å². The van der Waals surface area contributed by atoms with Crippen molar-refractivity contribution in [1.82, 2.24) is 30.0 Å². The third-order valence-electron chi connectivity index (χ3n) is 7.68. The fourth-order valence-electron chi connectivity index (χ4n) is 5.53.